The zero-order valence-corrected chi connectivity index (χ0v) is 15.8. The number of amides is 1. The van der Waals surface area contributed by atoms with Crippen LogP contribution < -0.4 is 14.8 Å². The van der Waals surface area contributed by atoms with E-state index in [1.54, 1.807) is 13.3 Å². The van der Waals surface area contributed by atoms with E-state index in [1.165, 1.54) is 0 Å². The van der Waals surface area contributed by atoms with Gasteiger partial charge in [-0.2, -0.15) is 5.10 Å². The highest BCUT2D eigenvalue weighted by atomic mass is 16.5. The molecule has 6 heteroatoms. The molecule has 0 fully saturated rings. The molecular formula is C22H23N3O3. The standard InChI is InChI=1S/C22H23N3O3/c1-27-19-8-6-15(7-9-19)21-18(14-24-25-21)13-23-22(26)17-10-11-28-20-5-3-2-4-16(20)12-17/h2-9,14,17H,10-13H2,1H3,(H,23,26)(H,24,25)/t17-/m0/s1. The average molecular weight is 377 g/mol. The van der Waals surface area contributed by atoms with Crippen LogP contribution in [0.2, 0.25) is 0 Å². The zero-order chi connectivity index (χ0) is 19.3. The number of methoxy groups -OCH3 is 1. The van der Waals surface area contributed by atoms with E-state index >= 15 is 0 Å². The summed E-state index contributed by atoms with van der Waals surface area (Å²) in [4.78, 5) is 12.8. The predicted molar refractivity (Wildman–Crippen MR) is 106 cm³/mol. The van der Waals surface area contributed by atoms with Crippen LogP contribution >= 0.6 is 0 Å². The first-order chi connectivity index (χ1) is 13.7. The van der Waals surface area contributed by atoms with Crippen molar-refractivity contribution in [2.45, 2.75) is 19.4 Å². The van der Waals surface area contributed by atoms with Crippen LogP contribution in [0.5, 0.6) is 11.5 Å². The minimum Gasteiger partial charge on any atom is -0.497 e. The van der Waals surface area contributed by atoms with Crippen molar-refractivity contribution in [1.82, 2.24) is 15.5 Å². The monoisotopic (exact) mass is 377 g/mol. The minimum absolute atomic E-state index is 0.0437. The molecular weight excluding hydrogens is 354 g/mol. The van der Waals surface area contributed by atoms with E-state index in [0.29, 0.717) is 26.0 Å². The van der Waals surface area contributed by atoms with Crippen LogP contribution in [0.25, 0.3) is 11.3 Å². The molecule has 1 aromatic heterocycles. The second kappa shape index (κ2) is 8.17. The van der Waals surface area contributed by atoms with Gasteiger partial charge in [-0.15, -0.1) is 0 Å². The molecule has 144 valence electrons. The van der Waals surface area contributed by atoms with Gasteiger partial charge in [-0.1, -0.05) is 18.2 Å². The summed E-state index contributed by atoms with van der Waals surface area (Å²) in [7, 11) is 1.64. The normalized spacial score (nSPS) is 15.8. The van der Waals surface area contributed by atoms with Gasteiger partial charge in [-0.25, -0.2) is 0 Å². The van der Waals surface area contributed by atoms with Crippen LogP contribution in [0.1, 0.15) is 17.5 Å². The smallest absolute Gasteiger partial charge is 0.223 e. The molecule has 1 amide bonds. The van der Waals surface area contributed by atoms with Crippen LogP contribution in [-0.4, -0.2) is 29.8 Å². The molecule has 0 bridgehead atoms. The third kappa shape index (κ3) is 3.86. The van der Waals surface area contributed by atoms with Gasteiger partial charge in [-0.05, 0) is 48.7 Å². The first-order valence-electron chi connectivity index (χ1n) is 9.39. The molecule has 3 aromatic rings. The van der Waals surface area contributed by atoms with Crippen LogP contribution in [0, 0.1) is 5.92 Å². The number of aromatic amines is 1. The molecule has 0 saturated carbocycles. The Hall–Kier alpha value is -3.28. The number of carbonyl (C=O) groups is 1. The highest BCUT2D eigenvalue weighted by Gasteiger charge is 2.23. The average Bonchev–Trinajstić information content (AvgIpc) is 3.10. The van der Waals surface area contributed by atoms with E-state index in [0.717, 1.165) is 33.9 Å². The van der Waals surface area contributed by atoms with Gasteiger partial charge in [0.1, 0.15) is 11.5 Å². The van der Waals surface area contributed by atoms with Crippen LogP contribution in [0.3, 0.4) is 0 Å². The van der Waals surface area contributed by atoms with Gasteiger partial charge in [0, 0.05) is 23.6 Å². The largest absolute Gasteiger partial charge is 0.497 e. The third-order valence-corrected chi connectivity index (χ3v) is 5.08. The SMILES string of the molecule is COc1ccc(-c2[nH]ncc2CNC(=O)[C@H]2CCOc3ccccc3C2)cc1. The van der Waals surface area contributed by atoms with E-state index in [9.17, 15) is 4.79 Å². The summed E-state index contributed by atoms with van der Waals surface area (Å²) >= 11 is 0. The Kier molecular flexibility index (Phi) is 5.28. The highest BCUT2D eigenvalue weighted by Crippen LogP contribution is 2.27. The van der Waals surface area contributed by atoms with Crippen molar-refractivity contribution < 1.29 is 14.3 Å². The number of ether oxygens (including phenoxy) is 2. The summed E-state index contributed by atoms with van der Waals surface area (Å²) in [6, 6.07) is 15.7. The summed E-state index contributed by atoms with van der Waals surface area (Å²) < 4.78 is 11.0. The maximum Gasteiger partial charge on any atom is 0.223 e. The van der Waals surface area contributed by atoms with Crippen LogP contribution in [0.15, 0.2) is 54.7 Å². The second-order valence-corrected chi connectivity index (χ2v) is 6.86. The molecule has 28 heavy (non-hydrogen) atoms. The van der Waals surface area contributed by atoms with Crippen molar-refractivity contribution in [3.8, 4) is 22.8 Å². The topological polar surface area (TPSA) is 76.2 Å². The van der Waals surface area contributed by atoms with Gasteiger partial charge < -0.3 is 14.8 Å². The van der Waals surface area contributed by atoms with Crippen molar-refractivity contribution in [3.63, 3.8) is 0 Å². The molecule has 1 atom stereocenters. The number of nitrogens with zero attached hydrogens (tertiary/aromatic N) is 1. The molecule has 4 rings (SSSR count). The molecule has 2 aromatic carbocycles. The quantitative estimate of drug-likeness (QED) is 0.715. The second-order valence-electron chi connectivity index (χ2n) is 6.86. The molecule has 0 spiro atoms. The first kappa shape index (κ1) is 18.1. The van der Waals surface area contributed by atoms with Crippen molar-refractivity contribution in [2.24, 2.45) is 5.92 Å². The lowest BCUT2D eigenvalue weighted by atomic mass is 9.96. The number of hydrogen-bond acceptors (Lipinski definition) is 4. The fourth-order valence-corrected chi connectivity index (χ4v) is 3.50. The molecule has 1 aliphatic rings. The number of H-pyrrole nitrogens is 1. The van der Waals surface area contributed by atoms with Gasteiger partial charge in [0.15, 0.2) is 0 Å². The molecule has 0 saturated heterocycles. The van der Waals surface area contributed by atoms with Crippen LogP contribution in [-0.2, 0) is 17.8 Å². The molecule has 0 radical (unpaired) electrons. The van der Waals surface area contributed by atoms with E-state index in [2.05, 4.69) is 15.5 Å². The Balaban J connectivity index is 1.42. The van der Waals surface area contributed by atoms with Gasteiger partial charge in [-0.3, -0.25) is 9.89 Å². The fourth-order valence-electron chi connectivity index (χ4n) is 3.50. The third-order valence-electron chi connectivity index (χ3n) is 5.08. The number of benzene rings is 2. The number of aromatic nitrogens is 2. The summed E-state index contributed by atoms with van der Waals surface area (Å²) in [5, 5.41) is 10.2. The Morgan fingerprint density at radius 1 is 1.25 bits per heavy atom. The van der Waals surface area contributed by atoms with Crippen molar-refractivity contribution in [2.75, 3.05) is 13.7 Å². The number of para-hydroxylation sites is 1. The molecule has 1 aliphatic heterocycles. The summed E-state index contributed by atoms with van der Waals surface area (Å²) in [5.41, 5.74) is 3.93. The van der Waals surface area contributed by atoms with Crippen molar-refractivity contribution in [3.05, 3.63) is 65.9 Å². The van der Waals surface area contributed by atoms with Crippen molar-refractivity contribution >= 4 is 5.91 Å². The molecule has 6 nitrogen and oxygen atoms in total. The molecule has 0 unspecified atom stereocenters. The maximum atomic E-state index is 12.8. The first-order valence-corrected chi connectivity index (χ1v) is 9.39. The van der Waals surface area contributed by atoms with E-state index < -0.39 is 0 Å². The van der Waals surface area contributed by atoms with Gasteiger partial charge in [0.05, 0.1) is 25.6 Å². The lowest BCUT2D eigenvalue weighted by Gasteiger charge is -2.14. The van der Waals surface area contributed by atoms with E-state index in [4.69, 9.17) is 9.47 Å². The number of hydrogen-bond donors (Lipinski definition) is 2. The minimum atomic E-state index is -0.0972. The Bertz CT molecular complexity index is 950. The van der Waals surface area contributed by atoms with E-state index in [-0.39, 0.29) is 11.8 Å². The van der Waals surface area contributed by atoms with Gasteiger partial charge in [0.25, 0.3) is 0 Å². The Labute approximate surface area is 163 Å². The molecule has 0 aliphatic carbocycles. The summed E-state index contributed by atoms with van der Waals surface area (Å²) in [5.74, 6) is 1.63. The number of rotatable bonds is 5. The predicted octanol–water partition coefficient (Wildman–Crippen LogP) is 3.34. The summed E-state index contributed by atoms with van der Waals surface area (Å²) in [6.45, 7) is 0.980. The van der Waals surface area contributed by atoms with Crippen LogP contribution in [0.4, 0.5) is 0 Å². The molecule has 2 heterocycles. The fraction of sp³-hybridized carbons (Fsp3) is 0.273. The lowest BCUT2D eigenvalue weighted by molar-refractivity contribution is -0.125. The highest BCUT2D eigenvalue weighted by molar-refractivity contribution is 5.79. The number of nitrogens with one attached hydrogen (secondary N) is 2. The van der Waals surface area contributed by atoms with E-state index in [1.807, 2.05) is 48.5 Å². The van der Waals surface area contributed by atoms with Gasteiger partial charge in [0.2, 0.25) is 5.91 Å². The molecule has 2 N–H and O–H groups in total. The van der Waals surface area contributed by atoms with Gasteiger partial charge >= 0.3 is 0 Å². The number of fused-ring (bicyclic) bond motifs is 1. The number of carbonyl (C=O) groups excluding carboxylic acids is 1. The maximum absolute atomic E-state index is 12.8. The summed E-state index contributed by atoms with van der Waals surface area (Å²) in [6.07, 6.45) is 3.15. The van der Waals surface area contributed by atoms with Crippen molar-refractivity contribution in [1.29, 1.82) is 0 Å². The lowest BCUT2D eigenvalue weighted by Crippen LogP contribution is -2.31. The Morgan fingerprint density at radius 2 is 2.07 bits per heavy atom. The Morgan fingerprint density at radius 3 is 2.89 bits per heavy atom. The zero-order valence-electron chi connectivity index (χ0n) is 15.8.